The Morgan fingerprint density at radius 2 is 1.77 bits per heavy atom. The monoisotopic (exact) mass is 431 g/mol. The number of nitrogens with one attached hydrogen (secondary N) is 1. The van der Waals surface area contributed by atoms with Gasteiger partial charge in [-0.15, -0.1) is 0 Å². The average molecular weight is 432 g/mol. The average Bonchev–Trinajstić information content (AvgIpc) is 2.74. The van der Waals surface area contributed by atoms with Gasteiger partial charge in [0.15, 0.2) is 0 Å². The van der Waals surface area contributed by atoms with Gasteiger partial charge in [-0.1, -0.05) is 48.0 Å². The standard InChI is InChI=1S/C22H29N3O4S/c1-17-9-10-21(29-3)20(15-17)18(2)23-22(26)24-11-13-25(14-12-24)30(27,28)16-19-7-5-4-6-8-19/h4-10,15,18H,11-14,16H2,1-3H3,(H,23,26). The van der Waals surface area contributed by atoms with Crippen LogP contribution in [0.5, 0.6) is 5.75 Å². The van der Waals surface area contributed by atoms with Crippen LogP contribution in [0.15, 0.2) is 48.5 Å². The van der Waals surface area contributed by atoms with E-state index < -0.39 is 10.0 Å². The molecule has 3 rings (SSSR count). The van der Waals surface area contributed by atoms with Crippen LogP contribution in [0.4, 0.5) is 4.79 Å². The van der Waals surface area contributed by atoms with Gasteiger partial charge in [-0.2, -0.15) is 4.31 Å². The van der Waals surface area contributed by atoms with E-state index in [2.05, 4.69) is 5.32 Å². The lowest BCUT2D eigenvalue weighted by molar-refractivity contribution is 0.169. The van der Waals surface area contributed by atoms with Crippen molar-refractivity contribution < 1.29 is 17.9 Å². The van der Waals surface area contributed by atoms with Crippen LogP contribution >= 0.6 is 0 Å². The van der Waals surface area contributed by atoms with Crippen molar-refractivity contribution >= 4 is 16.1 Å². The maximum absolute atomic E-state index is 12.7. The number of carbonyl (C=O) groups is 1. The number of hydrogen-bond donors (Lipinski definition) is 1. The van der Waals surface area contributed by atoms with Crippen LogP contribution in [0.3, 0.4) is 0 Å². The van der Waals surface area contributed by atoms with Crippen molar-refractivity contribution in [3.05, 3.63) is 65.2 Å². The van der Waals surface area contributed by atoms with Gasteiger partial charge in [0.2, 0.25) is 10.0 Å². The normalized spacial score (nSPS) is 16.2. The van der Waals surface area contributed by atoms with Gasteiger partial charge >= 0.3 is 6.03 Å². The van der Waals surface area contributed by atoms with Crippen LogP contribution in [0.1, 0.15) is 29.7 Å². The van der Waals surface area contributed by atoms with Crippen LogP contribution < -0.4 is 10.1 Å². The molecule has 0 bridgehead atoms. The number of carbonyl (C=O) groups excluding carboxylic acids is 1. The van der Waals surface area contributed by atoms with E-state index in [1.54, 1.807) is 12.0 Å². The number of rotatable bonds is 6. The molecule has 162 valence electrons. The summed E-state index contributed by atoms with van der Waals surface area (Å²) in [7, 11) is -1.80. The van der Waals surface area contributed by atoms with Gasteiger partial charge in [0.05, 0.1) is 18.9 Å². The molecule has 1 N–H and O–H groups in total. The first-order chi connectivity index (χ1) is 14.3. The zero-order chi connectivity index (χ0) is 21.7. The number of urea groups is 1. The molecule has 1 fully saturated rings. The number of amides is 2. The molecule has 30 heavy (non-hydrogen) atoms. The lowest BCUT2D eigenvalue weighted by Crippen LogP contribution is -2.53. The molecule has 8 heteroatoms. The van der Waals surface area contributed by atoms with Gasteiger partial charge in [0.25, 0.3) is 0 Å². The quantitative estimate of drug-likeness (QED) is 0.763. The summed E-state index contributed by atoms with van der Waals surface area (Å²) >= 11 is 0. The molecule has 0 radical (unpaired) electrons. The van der Waals surface area contributed by atoms with Crippen molar-refractivity contribution in [3.8, 4) is 5.75 Å². The molecule has 1 aliphatic heterocycles. The number of piperazine rings is 1. The van der Waals surface area contributed by atoms with Crippen molar-refractivity contribution in [3.63, 3.8) is 0 Å². The Morgan fingerprint density at radius 1 is 1.10 bits per heavy atom. The summed E-state index contributed by atoms with van der Waals surface area (Å²) in [4.78, 5) is 14.4. The van der Waals surface area contributed by atoms with Gasteiger partial charge in [0.1, 0.15) is 5.75 Å². The molecule has 2 aromatic rings. The molecule has 7 nitrogen and oxygen atoms in total. The molecular weight excluding hydrogens is 402 g/mol. The summed E-state index contributed by atoms with van der Waals surface area (Å²) in [6.45, 7) is 5.22. The van der Waals surface area contributed by atoms with Crippen molar-refractivity contribution in [2.45, 2.75) is 25.6 Å². The van der Waals surface area contributed by atoms with Crippen LogP contribution in [-0.2, 0) is 15.8 Å². The van der Waals surface area contributed by atoms with Gasteiger partial charge in [-0.25, -0.2) is 13.2 Å². The third kappa shape index (κ3) is 5.31. The molecule has 1 saturated heterocycles. The summed E-state index contributed by atoms with van der Waals surface area (Å²) in [5.74, 6) is 0.703. The first kappa shape index (κ1) is 22.1. The summed E-state index contributed by atoms with van der Waals surface area (Å²) in [6, 6.07) is 14.6. The second kappa shape index (κ2) is 9.49. The topological polar surface area (TPSA) is 79.0 Å². The lowest BCUT2D eigenvalue weighted by Gasteiger charge is -2.34. The first-order valence-corrected chi connectivity index (χ1v) is 11.6. The Balaban J connectivity index is 1.57. The predicted molar refractivity (Wildman–Crippen MR) is 117 cm³/mol. The molecule has 0 saturated carbocycles. The van der Waals surface area contributed by atoms with Gasteiger partial charge in [-0.05, 0) is 25.5 Å². The first-order valence-electron chi connectivity index (χ1n) is 10.0. The van der Waals surface area contributed by atoms with E-state index in [0.717, 1.165) is 22.4 Å². The molecule has 0 aliphatic carbocycles. The molecule has 1 unspecified atom stereocenters. The van der Waals surface area contributed by atoms with Gasteiger partial charge in [-0.3, -0.25) is 0 Å². The van der Waals surface area contributed by atoms with Crippen LogP contribution in [0, 0.1) is 6.92 Å². The number of ether oxygens (including phenoxy) is 1. The van der Waals surface area contributed by atoms with Crippen molar-refractivity contribution in [2.75, 3.05) is 33.3 Å². The molecule has 0 aromatic heterocycles. The Hall–Kier alpha value is -2.58. The van der Waals surface area contributed by atoms with Gasteiger partial charge < -0.3 is 15.0 Å². The highest BCUT2D eigenvalue weighted by molar-refractivity contribution is 7.88. The summed E-state index contributed by atoms with van der Waals surface area (Å²) in [5, 5.41) is 3.00. The third-order valence-corrected chi connectivity index (χ3v) is 7.15. The fourth-order valence-corrected chi connectivity index (χ4v) is 5.11. The molecule has 1 aliphatic rings. The van der Waals surface area contributed by atoms with E-state index in [4.69, 9.17) is 4.74 Å². The van der Waals surface area contributed by atoms with Crippen LogP contribution in [0.25, 0.3) is 0 Å². The Bertz CT molecular complexity index is 971. The smallest absolute Gasteiger partial charge is 0.317 e. The minimum absolute atomic E-state index is 0.0236. The predicted octanol–water partition coefficient (Wildman–Crippen LogP) is 2.92. The maximum Gasteiger partial charge on any atom is 0.317 e. The maximum atomic E-state index is 12.7. The second-order valence-corrected chi connectivity index (χ2v) is 9.51. The number of hydrogen-bond acceptors (Lipinski definition) is 4. The molecule has 1 heterocycles. The number of nitrogens with zero attached hydrogens (tertiary/aromatic N) is 2. The summed E-state index contributed by atoms with van der Waals surface area (Å²) < 4.78 is 32.3. The SMILES string of the molecule is COc1ccc(C)cc1C(C)NC(=O)N1CCN(S(=O)(=O)Cc2ccccc2)CC1. The van der Waals surface area contributed by atoms with Crippen molar-refractivity contribution in [1.29, 1.82) is 0 Å². The molecule has 2 aromatic carbocycles. The highest BCUT2D eigenvalue weighted by atomic mass is 32.2. The zero-order valence-electron chi connectivity index (χ0n) is 17.7. The fourth-order valence-electron chi connectivity index (χ4n) is 3.59. The van der Waals surface area contributed by atoms with Gasteiger partial charge in [0, 0.05) is 31.7 Å². The molecule has 0 spiro atoms. The number of sulfonamides is 1. The highest BCUT2D eigenvalue weighted by Gasteiger charge is 2.29. The van der Waals surface area contributed by atoms with E-state index in [-0.39, 0.29) is 17.8 Å². The Labute approximate surface area is 178 Å². The zero-order valence-corrected chi connectivity index (χ0v) is 18.5. The van der Waals surface area contributed by atoms with Crippen LogP contribution in [0.2, 0.25) is 0 Å². The second-order valence-electron chi connectivity index (χ2n) is 7.54. The minimum Gasteiger partial charge on any atom is -0.496 e. The number of benzene rings is 2. The van der Waals surface area contributed by atoms with Crippen LogP contribution in [-0.4, -0.2) is 56.9 Å². The summed E-state index contributed by atoms with van der Waals surface area (Å²) in [6.07, 6.45) is 0. The number of aryl methyl sites for hydroxylation is 1. The highest BCUT2D eigenvalue weighted by Crippen LogP contribution is 2.26. The van der Waals surface area contributed by atoms with E-state index in [1.807, 2.05) is 62.4 Å². The molecule has 2 amide bonds. The minimum atomic E-state index is -3.41. The van der Waals surface area contributed by atoms with E-state index >= 15 is 0 Å². The Kier molecular flexibility index (Phi) is 6.99. The van der Waals surface area contributed by atoms with Crippen molar-refractivity contribution in [1.82, 2.24) is 14.5 Å². The molecular formula is C22H29N3O4S. The van der Waals surface area contributed by atoms with E-state index in [9.17, 15) is 13.2 Å². The largest absolute Gasteiger partial charge is 0.496 e. The van der Waals surface area contributed by atoms with E-state index in [0.29, 0.717) is 26.2 Å². The van der Waals surface area contributed by atoms with Crippen molar-refractivity contribution in [2.24, 2.45) is 0 Å². The third-order valence-electron chi connectivity index (χ3n) is 5.30. The Morgan fingerprint density at radius 3 is 2.40 bits per heavy atom. The number of methoxy groups -OCH3 is 1. The lowest BCUT2D eigenvalue weighted by atomic mass is 10.0. The fraction of sp³-hybridized carbons (Fsp3) is 0.409. The van der Waals surface area contributed by atoms with E-state index in [1.165, 1.54) is 4.31 Å². The summed E-state index contributed by atoms with van der Waals surface area (Å²) in [5.41, 5.74) is 2.76. The molecule has 1 atom stereocenters.